The van der Waals surface area contributed by atoms with Crippen LogP contribution in [0.15, 0.2) is 34.1 Å². The number of hydrogen-bond donors (Lipinski definition) is 1. The van der Waals surface area contributed by atoms with Crippen molar-refractivity contribution in [1.82, 2.24) is 0 Å². The van der Waals surface area contributed by atoms with Crippen molar-refractivity contribution in [1.29, 1.82) is 0 Å². The lowest BCUT2D eigenvalue weighted by molar-refractivity contribution is 0.395. The Kier molecular flexibility index (Phi) is 4.85. The van der Waals surface area contributed by atoms with Crippen LogP contribution in [0.3, 0.4) is 0 Å². The van der Waals surface area contributed by atoms with Gasteiger partial charge in [0.25, 0.3) is 0 Å². The Morgan fingerprint density at radius 3 is 2.58 bits per heavy atom. The second-order valence-electron chi connectivity index (χ2n) is 4.12. The molecule has 1 atom stereocenters. The van der Waals surface area contributed by atoms with Crippen LogP contribution in [0.1, 0.15) is 16.5 Å². The van der Waals surface area contributed by atoms with E-state index in [1.807, 2.05) is 24.3 Å². The lowest BCUT2D eigenvalue weighted by atomic mass is 10.0. The highest BCUT2D eigenvalue weighted by atomic mass is 79.9. The third-order valence-electron chi connectivity index (χ3n) is 2.89. The fourth-order valence-corrected chi connectivity index (χ4v) is 3.46. The maximum atomic E-state index is 6.29. The molecule has 0 radical (unpaired) electrons. The van der Waals surface area contributed by atoms with E-state index < -0.39 is 0 Å². The SMILES string of the molecule is COc1ccc(OC)c(C(N)Cc2ccc(Br)s2)c1. The van der Waals surface area contributed by atoms with E-state index >= 15 is 0 Å². The van der Waals surface area contributed by atoms with Crippen LogP contribution in [0.25, 0.3) is 0 Å². The second kappa shape index (κ2) is 6.41. The van der Waals surface area contributed by atoms with Gasteiger partial charge in [0.15, 0.2) is 0 Å². The average Bonchev–Trinajstić information content (AvgIpc) is 2.83. The van der Waals surface area contributed by atoms with E-state index in [0.29, 0.717) is 0 Å². The topological polar surface area (TPSA) is 44.5 Å². The highest BCUT2D eigenvalue weighted by Gasteiger charge is 2.14. The average molecular weight is 342 g/mol. The molecule has 1 heterocycles. The number of hydrogen-bond acceptors (Lipinski definition) is 4. The Morgan fingerprint density at radius 1 is 1.21 bits per heavy atom. The molecule has 0 aliphatic rings. The molecule has 1 aromatic carbocycles. The van der Waals surface area contributed by atoms with Gasteiger partial charge in [-0.15, -0.1) is 11.3 Å². The summed E-state index contributed by atoms with van der Waals surface area (Å²) in [6.07, 6.45) is 0.778. The molecule has 102 valence electrons. The fraction of sp³-hybridized carbons (Fsp3) is 0.286. The molecule has 1 aromatic heterocycles. The molecule has 0 aliphatic carbocycles. The van der Waals surface area contributed by atoms with Crippen molar-refractivity contribution >= 4 is 27.3 Å². The predicted molar refractivity (Wildman–Crippen MR) is 82.2 cm³/mol. The van der Waals surface area contributed by atoms with Crippen LogP contribution in [-0.2, 0) is 6.42 Å². The quantitative estimate of drug-likeness (QED) is 0.900. The first kappa shape index (κ1) is 14.4. The minimum absolute atomic E-state index is 0.115. The summed E-state index contributed by atoms with van der Waals surface area (Å²) in [5.74, 6) is 1.59. The van der Waals surface area contributed by atoms with Crippen molar-refractivity contribution in [3.8, 4) is 11.5 Å². The number of methoxy groups -OCH3 is 2. The Bertz CT molecular complexity index is 556. The third-order valence-corrected chi connectivity index (χ3v) is 4.53. The predicted octanol–water partition coefficient (Wildman–Crippen LogP) is 3.77. The van der Waals surface area contributed by atoms with Gasteiger partial charge in [-0.1, -0.05) is 0 Å². The standard InChI is InChI=1S/C14H16BrNO2S/c1-17-9-3-5-13(18-2)11(7-9)12(16)8-10-4-6-14(15)19-10/h3-7,12H,8,16H2,1-2H3. The Hall–Kier alpha value is -1.04. The van der Waals surface area contributed by atoms with Crippen molar-refractivity contribution < 1.29 is 9.47 Å². The zero-order chi connectivity index (χ0) is 13.8. The van der Waals surface area contributed by atoms with Gasteiger partial charge in [0.05, 0.1) is 18.0 Å². The molecule has 0 aliphatic heterocycles. The van der Waals surface area contributed by atoms with Gasteiger partial charge >= 0.3 is 0 Å². The molecule has 0 amide bonds. The first-order valence-electron chi connectivity index (χ1n) is 5.85. The maximum Gasteiger partial charge on any atom is 0.123 e. The monoisotopic (exact) mass is 341 g/mol. The summed E-state index contributed by atoms with van der Waals surface area (Å²) in [6.45, 7) is 0. The lowest BCUT2D eigenvalue weighted by Gasteiger charge is -2.16. The summed E-state index contributed by atoms with van der Waals surface area (Å²) < 4.78 is 11.7. The smallest absolute Gasteiger partial charge is 0.123 e. The molecule has 0 spiro atoms. The van der Waals surface area contributed by atoms with Crippen LogP contribution >= 0.6 is 27.3 Å². The zero-order valence-electron chi connectivity index (χ0n) is 10.9. The van der Waals surface area contributed by atoms with Crippen LogP contribution in [0.2, 0.25) is 0 Å². The van der Waals surface area contributed by atoms with Crippen LogP contribution < -0.4 is 15.2 Å². The first-order chi connectivity index (χ1) is 9.13. The summed E-state index contributed by atoms with van der Waals surface area (Å²) in [7, 11) is 3.30. The van der Waals surface area contributed by atoms with E-state index in [-0.39, 0.29) is 6.04 Å². The number of thiophene rings is 1. The molecule has 2 N–H and O–H groups in total. The van der Waals surface area contributed by atoms with E-state index in [2.05, 4.69) is 22.0 Å². The van der Waals surface area contributed by atoms with E-state index in [9.17, 15) is 0 Å². The fourth-order valence-electron chi connectivity index (χ4n) is 1.92. The van der Waals surface area contributed by atoms with Gasteiger partial charge in [-0.2, -0.15) is 0 Å². The minimum Gasteiger partial charge on any atom is -0.497 e. The van der Waals surface area contributed by atoms with Gasteiger partial charge in [-0.25, -0.2) is 0 Å². The number of ether oxygens (including phenoxy) is 2. The lowest BCUT2D eigenvalue weighted by Crippen LogP contribution is -2.14. The van der Waals surface area contributed by atoms with Gasteiger partial charge in [0.1, 0.15) is 11.5 Å². The van der Waals surface area contributed by atoms with E-state index in [0.717, 1.165) is 27.3 Å². The van der Waals surface area contributed by atoms with Gasteiger partial charge < -0.3 is 15.2 Å². The Labute approximate surface area is 125 Å². The molecular weight excluding hydrogens is 326 g/mol. The molecule has 2 aromatic rings. The van der Waals surface area contributed by atoms with Gasteiger partial charge in [-0.3, -0.25) is 0 Å². The molecular formula is C14H16BrNO2S. The second-order valence-corrected chi connectivity index (χ2v) is 6.67. The van der Waals surface area contributed by atoms with Crippen LogP contribution in [0.4, 0.5) is 0 Å². The molecule has 5 heteroatoms. The highest BCUT2D eigenvalue weighted by molar-refractivity contribution is 9.11. The summed E-state index contributed by atoms with van der Waals surface area (Å²) in [5, 5.41) is 0. The molecule has 19 heavy (non-hydrogen) atoms. The number of benzene rings is 1. The molecule has 2 rings (SSSR count). The highest BCUT2D eigenvalue weighted by Crippen LogP contribution is 2.32. The Morgan fingerprint density at radius 2 is 2.00 bits per heavy atom. The minimum atomic E-state index is -0.115. The van der Waals surface area contributed by atoms with Crippen LogP contribution in [-0.4, -0.2) is 14.2 Å². The third kappa shape index (κ3) is 3.49. The van der Waals surface area contributed by atoms with Crippen molar-refractivity contribution in [2.45, 2.75) is 12.5 Å². The van der Waals surface area contributed by atoms with Crippen LogP contribution in [0.5, 0.6) is 11.5 Å². The summed E-state index contributed by atoms with van der Waals surface area (Å²) >= 11 is 5.16. The Balaban J connectivity index is 2.23. The van der Waals surface area contributed by atoms with Gasteiger partial charge in [0, 0.05) is 22.9 Å². The van der Waals surface area contributed by atoms with Crippen molar-refractivity contribution in [3.63, 3.8) is 0 Å². The van der Waals surface area contributed by atoms with Crippen molar-refractivity contribution in [3.05, 3.63) is 44.6 Å². The van der Waals surface area contributed by atoms with Crippen LogP contribution in [0, 0.1) is 0 Å². The van der Waals surface area contributed by atoms with Gasteiger partial charge in [0.2, 0.25) is 0 Å². The van der Waals surface area contributed by atoms with Crippen molar-refractivity contribution in [2.75, 3.05) is 14.2 Å². The zero-order valence-corrected chi connectivity index (χ0v) is 13.3. The molecule has 0 saturated carbocycles. The number of rotatable bonds is 5. The number of nitrogens with two attached hydrogens (primary N) is 1. The summed E-state index contributed by atoms with van der Waals surface area (Å²) in [4.78, 5) is 1.24. The first-order valence-corrected chi connectivity index (χ1v) is 7.46. The molecule has 1 unspecified atom stereocenters. The largest absolute Gasteiger partial charge is 0.497 e. The van der Waals surface area contributed by atoms with Crippen molar-refractivity contribution in [2.24, 2.45) is 5.73 Å². The summed E-state index contributed by atoms with van der Waals surface area (Å²) in [5.41, 5.74) is 7.26. The molecule has 0 saturated heterocycles. The molecule has 0 fully saturated rings. The van der Waals surface area contributed by atoms with E-state index in [1.165, 1.54) is 4.88 Å². The van der Waals surface area contributed by atoms with E-state index in [1.54, 1.807) is 25.6 Å². The normalized spacial score (nSPS) is 12.2. The molecule has 3 nitrogen and oxygen atoms in total. The summed E-state index contributed by atoms with van der Waals surface area (Å²) in [6, 6.07) is 9.70. The maximum absolute atomic E-state index is 6.29. The van der Waals surface area contributed by atoms with Gasteiger partial charge in [-0.05, 0) is 46.3 Å². The van der Waals surface area contributed by atoms with E-state index in [4.69, 9.17) is 15.2 Å². The molecule has 0 bridgehead atoms. The number of halogens is 1.